The van der Waals surface area contributed by atoms with Gasteiger partial charge in [-0.1, -0.05) is 24.1 Å². The van der Waals surface area contributed by atoms with Gasteiger partial charge >= 0.3 is 6.03 Å². The first-order valence-electron chi connectivity index (χ1n) is 12.2. The lowest BCUT2D eigenvalue weighted by Gasteiger charge is -2.30. The molecule has 0 unspecified atom stereocenters. The number of rotatable bonds is 3. The van der Waals surface area contributed by atoms with Crippen molar-refractivity contribution in [2.45, 2.75) is 24.8 Å². The van der Waals surface area contributed by atoms with Crippen molar-refractivity contribution >= 4 is 11.7 Å². The largest absolute Gasteiger partial charge is 0.497 e. The fourth-order valence-corrected chi connectivity index (χ4v) is 5.06. The summed E-state index contributed by atoms with van der Waals surface area (Å²) >= 11 is 0. The van der Waals surface area contributed by atoms with E-state index in [-0.39, 0.29) is 6.03 Å². The predicted octanol–water partition coefficient (Wildman–Crippen LogP) is 4.59. The zero-order valence-corrected chi connectivity index (χ0v) is 20.0. The van der Waals surface area contributed by atoms with Gasteiger partial charge in [0.25, 0.3) is 0 Å². The van der Waals surface area contributed by atoms with E-state index in [0.29, 0.717) is 12.0 Å². The van der Waals surface area contributed by atoms with Crippen LogP contribution in [0.15, 0.2) is 72.9 Å². The number of pyridine rings is 1. The maximum atomic E-state index is 13.1. The average molecular weight is 467 g/mol. The van der Waals surface area contributed by atoms with E-state index in [4.69, 9.17) is 4.74 Å². The number of anilines is 1. The lowest BCUT2D eigenvalue weighted by molar-refractivity contribution is 0.197. The van der Waals surface area contributed by atoms with Gasteiger partial charge in [-0.2, -0.15) is 0 Å². The standard InChI is InChI=1S/C29H30N4O2/c1-35-26-14-12-25(13-15-26)31-29(34)33-19-4-18-32-20-16-27(28(32)21-33)23-9-6-22(7-10-23)8-11-24-5-2-3-17-30-24/h2-3,5-7,9-10,12-15,17,27-28H,4,16,18-21H2,1H3,(H,31,34)/t27-,28+/m1/s1. The molecule has 2 aromatic carbocycles. The number of aromatic nitrogens is 1. The highest BCUT2D eigenvalue weighted by Crippen LogP contribution is 2.35. The van der Waals surface area contributed by atoms with E-state index in [0.717, 1.165) is 61.7 Å². The van der Waals surface area contributed by atoms with Crippen LogP contribution in [0.25, 0.3) is 0 Å². The molecule has 1 aromatic heterocycles. The Morgan fingerprint density at radius 2 is 1.83 bits per heavy atom. The van der Waals surface area contributed by atoms with E-state index in [9.17, 15) is 4.79 Å². The van der Waals surface area contributed by atoms with Gasteiger partial charge in [0.15, 0.2) is 0 Å². The normalized spacial score (nSPS) is 19.7. The summed E-state index contributed by atoms with van der Waals surface area (Å²) in [6.07, 6.45) is 3.85. The molecule has 0 bridgehead atoms. The number of carbonyl (C=O) groups excluding carboxylic acids is 1. The SMILES string of the molecule is COc1ccc(NC(=O)N2CCCN3CC[C@H](c4ccc(C#Cc5ccccn5)cc4)[C@@H]3C2)cc1. The van der Waals surface area contributed by atoms with Crippen LogP contribution in [-0.2, 0) is 0 Å². The predicted molar refractivity (Wildman–Crippen MR) is 138 cm³/mol. The summed E-state index contributed by atoms with van der Waals surface area (Å²) in [4.78, 5) is 21.9. The van der Waals surface area contributed by atoms with Gasteiger partial charge < -0.3 is 15.0 Å². The second-order valence-corrected chi connectivity index (χ2v) is 9.04. The van der Waals surface area contributed by atoms with Crippen molar-refractivity contribution in [3.05, 3.63) is 89.7 Å². The molecule has 0 aliphatic carbocycles. The van der Waals surface area contributed by atoms with E-state index in [1.165, 1.54) is 5.56 Å². The summed E-state index contributed by atoms with van der Waals surface area (Å²) in [5.74, 6) is 7.50. The zero-order chi connectivity index (χ0) is 24.0. The molecule has 178 valence electrons. The van der Waals surface area contributed by atoms with Crippen LogP contribution in [0.1, 0.15) is 35.6 Å². The smallest absolute Gasteiger partial charge is 0.321 e. The Balaban J connectivity index is 1.26. The molecule has 1 N–H and O–H groups in total. The number of amides is 2. The van der Waals surface area contributed by atoms with Crippen molar-refractivity contribution in [2.24, 2.45) is 0 Å². The van der Waals surface area contributed by atoms with E-state index >= 15 is 0 Å². The average Bonchev–Trinajstić information content (AvgIpc) is 3.18. The lowest BCUT2D eigenvalue weighted by Crippen LogP contribution is -2.43. The van der Waals surface area contributed by atoms with Crippen LogP contribution in [-0.4, -0.2) is 60.1 Å². The van der Waals surface area contributed by atoms with Gasteiger partial charge in [-0.25, -0.2) is 9.78 Å². The number of urea groups is 1. The molecule has 2 aliphatic rings. The third kappa shape index (κ3) is 5.47. The van der Waals surface area contributed by atoms with E-state index in [1.807, 2.05) is 47.4 Å². The molecule has 35 heavy (non-hydrogen) atoms. The minimum atomic E-state index is -0.0391. The Hall–Kier alpha value is -3.82. The minimum absolute atomic E-state index is 0.0391. The number of benzene rings is 2. The van der Waals surface area contributed by atoms with Crippen molar-refractivity contribution in [3.63, 3.8) is 0 Å². The first kappa shape index (κ1) is 22.9. The van der Waals surface area contributed by atoms with E-state index in [1.54, 1.807) is 13.3 Å². The second-order valence-electron chi connectivity index (χ2n) is 9.04. The van der Waals surface area contributed by atoms with E-state index in [2.05, 4.69) is 51.3 Å². The summed E-state index contributed by atoms with van der Waals surface area (Å²) in [6.45, 7) is 3.60. The molecule has 0 spiro atoms. The van der Waals surface area contributed by atoms with Gasteiger partial charge in [0.05, 0.1) is 7.11 Å². The van der Waals surface area contributed by atoms with Crippen LogP contribution in [0.4, 0.5) is 10.5 Å². The maximum absolute atomic E-state index is 13.1. The van der Waals surface area contributed by atoms with Gasteiger partial charge in [-0.15, -0.1) is 0 Å². The molecule has 3 aromatic rings. The fraction of sp³-hybridized carbons (Fsp3) is 0.310. The number of carbonyl (C=O) groups is 1. The summed E-state index contributed by atoms with van der Waals surface area (Å²) in [6, 6.07) is 22.1. The highest BCUT2D eigenvalue weighted by Gasteiger charge is 2.38. The van der Waals surface area contributed by atoms with Crippen LogP contribution in [0.2, 0.25) is 0 Å². The topological polar surface area (TPSA) is 57.7 Å². The molecular formula is C29H30N4O2. The number of hydrogen-bond donors (Lipinski definition) is 1. The molecule has 2 atom stereocenters. The summed E-state index contributed by atoms with van der Waals surface area (Å²) in [5.41, 5.74) is 3.85. The quantitative estimate of drug-likeness (QED) is 0.574. The van der Waals surface area contributed by atoms with Gasteiger partial charge in [0.1, 0.15) is 11.4 Å². The molecule has 6 nitrogen and oxygen atoms in total. The Morgan fingerprint density at radius 3 is 2.57 bits per heavy atom. The number of methoxy groups -OCH3 is 1. The monoisotopic (exact) mass is 466 g/mol. The molecule has 2 aliphatic heterocycles. The van der Waals surface area contributed by atoms with Gasteiger partial charge in [0, 0.05) is 49.0 Å². The fourth-order valence-electron chi connectivity index (χ4n) is 5.06. The summed E-state index contributed by atoms with van der Waals surface area (Å²) in [7, 11) is 1.64. The molecule has 2 amide bonds. The molecule has 0 radical (unpaired) electrons. The number of nitrogens with zero attached hydrogens (tertiary/aromatic N) is 3. The van der Waals surface area contributed by atoms with Crippen LogP contribution in [0.3, 0.4) is 0 Å². The second kappa shape index (κ2) is 10.6. The van der Waals surface area contributed by atoms with Crippen molar-refractivity contribution < 1.29 is 9.53 Å². The molecule has 2 fully saturated rings. The third-order valence-electron chi connectivity index (χ3n) is 6.91. The molecular weight excluding hydrogens is 436 g/mol. The molecule has 5 rings (SSSR count). The van der Waals surface area contributed by atoms with Crippen molar-refractivity contribution in [2.75, 3.05) is 38.6 Å². The molecule has 6 heteroatoms. The van der Waals surface area contributed by atoms with Gasteiger partial charge in [0.2, 0.25) is 0 Å². The lowest BCUT2D eigenvalue weighted by atomic mass is 9.91. The van der Waals surface area contributed by atoms with Crippen LogP contribution >= 0.6 is 0 Å². The zero-order valence-electron chi connectivity index (χ0n) is 20.0. The number of ether oxygens (including phenoxy) is 1. The van der Waals surface area contributed by atoms with Crippen LogP contribution in [0, 0.1) is 11.8 Å². The van der Waals surface area contributed by atoms with Crippen molar-refractivity contribution in [1.29, 1.82) is 0 Å². The Labute approximate surface area is 206 Å². The number of fused-ring (bicyclic) bond motifs is 1. The number of nitrogens with one attached hydrogen (secondary N) is 1. The van der Waals surface area contributed by atoms with Gasteiger partial charge in [-0.3, -0.25) is 4.90 Å². The molecule has 3 heterocycles. The first-order valence-corrected chi connectivity index (χ1v) is 12.2. The van der Waals surface area contributed by atoms with Crippen LogP contribution < -0.4 is 10.1 Å². The Bertz CT molecular complexity index is 1200. The van der Waals surface area contributed by atoms with Crippen molar-refractivity contribution in [3.8, 4) is 17.6 Å². The Morgan fingerprint density at radius 1 is 1.00 bits per heavy atom. The van der Waals surface area contributed by atoms with Crippen LogP contribution in [0.5, 0.6) is 5.75 Å². The highest BCUT2D eigenvalue weighted by molar-refractivity contribution is 5.89. The highest BCUT2D eigenvalue weighted by atomic mass is 16.5. The van der Waals surface area contributed by atoms with E-state index < -0.39 is 0 Å². The Kier molecular flexibility index (Phi) is 6.97. The summed E-state index contributed by atoms with van der Waals surface area (Å²) in [5, 5.41) is 3.05. The van der Waals surface area contributed by atoms with Crippen molar-refractivity contribution in [1.82, 2.24) is 14.8 Å². The minimum Gasteiger partial charge on any atom is -0.497 e. The summed E-state index contributed by atoms with van der Waals surface area (Å²) < 4.78 is 5.21. The molecule has 2 saturated heterocycles. The third-order valence-corrected chi connectivity index (χ3v) is 6.91. The molecule has 0 saturated carbocycles. The first-order chi connectivity index (χ1) is 17.2. The van der Waals surface area contributed by atoms with Gasteiger partial charge in [-0.05, 0) is 79.4 Å². The number of hydrogen-bond acceptors (Lipinski definition) is 4. The maximum Gasteiger partial charge on any atom is 0.321 e.